The molecule has 1 fully saturated rings. The molecule has 2 aliphatic heterocycles. The van der Waals surface area contributed by atoms with Gasteiger partial charge in [-0.15, -0.1) is 11.8 Å². The average molecular weight is 373 g/mol. The molecule has 5 heteroatoms. The van der Waals surface area contributed by atoms with Gasteiger partial charge in [0, 0.05) is 46.9 Å². The van der Waals surface area contributed by atoms with Crippen molar-refractivity contribution in [2.24, 2.45) is 0 Å². The maximum atomic E-state index is 9.92. The van der Waals surface area contributed by atoms with E-state index in [1.165, 1.54) is 25.8 Å². The van der Waals surface area contributed by atoms with E-state index in [2.05, 4.69) is 47.4 Å². The number of phenols is 1. The molecule has 0 amide bonds. The lowest BCUT2D eigenvalue weighted by Gasteiger charge is -2.38. The number of phenolic OH excluding ortho intramolecular Hbond substituents is 1. The van der Waals surface area contributed by atoms with Gasteiger partial charge in [-0.1, -0.05) is 17.8 Å². The summed E-state index contributed by atoms with van der Waals surface area (Å²) in [5.41, 5.74) is 2.78. The van der Waals surface area contributed by atoms with Crippen LogP contribution in [-0.2, 0) is 6.42 Å². The first kappa shape index (κ1) is 17.3. The molecule has 2 aromatic rings. The number of aromatic hydroxyl groups is 1. The van der Waals surface area contributed by atoms with Crippen LogP contribution in [0.2, 0.25) is 0 Å². The van der Waals surface area contributed by atoms with E-state index in [-0.39, 0.29) is 0 Å². The van der Waals surface area contributed by atoms with Crippen molar-refractivity contribution in [1.29, 1.82) is 0 Å². The van der Waals surface area contributed by atoms with Crippen molar-refractivity contribution in [3.8, 4) is 5.75 Å². The molecule has 1 N–H and O–H groups in total. The smallest absolute Gasteiger partial charge is 0.116 e. The molecule has 0 spiro atoms. The molecular weight excluding hydrogens is 348 g/mol. The minimum absolute atomic E-state index is 0.353. The van der Waals surface area contributed by atoms with Gasteiger partial charge in [-0.2, -0.15) is 0 Å². The predicted octanol–water partition coefficient (Wildman–Crippen LogP) is 4.11. The third-order valence-corrected chi connectivity index (χ3v) is 7.16. The maximum Gasteiger partial charge on any atom is 0.116 e. The summed E-state index contributed by atoms with van der Waals surface area (Å²) < 4.78 is 0. The number of thioether (sulfide) groups is 1. The number of hydrogen-bond acceptors (Lipinski definition) is 5. The SMILES string of the molecule is CSc1ccc2c(c1)[C@H](N1CCN(C)CC1)Cc1ccc(O)cc1S2. The lowest BCUT2D eigenvalue weighted by molar-refractivity contribution is 0.109. The number of piperazine rings is 1. The second-order valence-corrected chi connectivity index (χ2v) is 8.82. The second-order valence-electron chi connectivity index (χ2n) is 6.86. The highest BCUT2D eigenvalue weighted by Gasteiger charge is 2.29. The molecule has 25 heavy (non-hydrogen) atoms. The normalized spacial score (nSPS) is 21.4. The van der Waals surface area contributed by atoms with E-state index in [9.17, 15) is 5.11 Å². The summed E-state index contributed by atoms with van der Waals surface area (Å²) >= 11 is 3.61. The van der Waals surface area contributed by atoms with Crippen LogP contribution in [-0.4, -0.2) is 54.4 Å². The van der Waals surface area contributed by atoms with Crippen LogP contribution in [0.1, 0.15) is 17.2 Å². The Morgan fingerprint density at radius 3 is 2.60 bits per heavy atom. The van der Waals surface area contributed by atoms with Crippen molar-refractivity contribution < 1.29 is 5.11 Å². The number of fused-ring (bicyclic) bond motifs is 2. The Kier molecular flexibility index (Phi) is 5.00. The van der Waals surface area contributed by atoms with E-state index in [4.69, 9.17) is 0 Å². The standard InChI is InChI=1S/C20H24N2OS2/c1-21-7-9-22(10-8-21)18-11-14-3-4-15(23)12-20(14)25-19-6-5-16(24-2)13-17(18)19/h3-6,12-13,18,23H,7-11H2,1-2H3/t18-/m1/s1. The molecule has 0 saturated carbocycles. The Morgan fingerprint density at radius 1 is 1.04 bits per heavy atom. The van der Waals surface area contributed by atoms with Crippen LogP contribution in [0.15, 0.2) is 51.1 Å². The van der Waals surface area contributed by atoms with Crippen LogP contribution in [0.25, 0.3) is 0 Å². The first-order chi connectivity index (χ1) is 12.1. The molecule has 1 saturated heterocycles. The molecular formula is C20H24N2OS2. The van der Waals surface area contributed by atoms with Gasteiger partial charge in [0.25, 0.3) is 0 Å². The molecule has 0 aromatic heterocycles. The van der Waals surface area contributed by atoms with Gasteiger partial charge in [0.05, 0.1) is 0 Å². The van der Waals surface area contributed by atoms with E-state index in [0.717, 1.165) is 32.6 Å². The van der Waals surface area contributed by atoms with Crippen LogP contribution in [0.4, 0.5) is 0 Å². The summed E-state index contributed by atoms with van der Waals surface area (Å²) in [5, 5.41) is 9.92. The van der Waals surface area contributed by atoms with Gasteiger partial charge in [0.1, 0.15) is 5.75 Å². The van der Waals surface area contributed by atoms with Gasteiger partial charge in [-0.3, -0.25) is 4.90 Å². The Balaban J connectivity index is 1.77. The van der Waals surface area contributed by atoms with E-state index >= 15 is 0 Å². The van der Waals surface area contributed by atoms with Crippen LogP contribution in [0.3, 0.4) is 0 Å². The Bertz CT molecular complexity index is 772. The van der Waals surface area contributed by atoms with Gasteiger partial charge < -0.3 is 10.0 Å². The average Bonchev–Trinajstić information content (AvgIpc) is 2.78. The van der Waals surface area contributed by atoms with Gasteiger partial charge in [0.2, 0.25) is 0 Å². The van der Waals surface area contributed by atoms with Crippen LogP contribution in [0.5, 0.6) is 5.75 Å². The van der Waals surface area contributed by atoms with Gasteiger partial charge >= 0.3 is 0 Å². The summed E-state index contributed by atoms with van der Waals surface area (Å²) in [6.07, 6.45) is 3.15. The van der Waals surface area contributed by atoms with Crippen molar-refractivity contribution in [2.45, 2.75) is 27.1 Å². The van der Waals surface area contributed by atoms with Crippen molar-refractivity contribution in [3.63, 3.8) is 0 Å². The molecule has 2 aliphatic rings. The zero-order chi connectivity index (χ0) is 17.4. The van der Waals surface area contributed by atoms with Crippen LogP contribution in [0, 0.1) is 0 Å². The number of nitrogens with zero attached hydrogens (tertiary/aromatic N) is 2. The lowest BCUT2D eigenvalue weighted by atomic mass is 9.96. The fraction of sp³-hybridized carbons (Fsp3) is 0.400. The molecule has 4 rings (SSSR count). The third kappa shape index (κ3) is 3.56. The minimum atomic E-state index is 0.353. The predicted molar refractivity (Wildman–Crippen MR) is 106 cm³/mol. The molecule has 0 aliphatic carbocycles. The lowest BCUT2D eigenvalue weighted by Crippen LogP contribution is -2.46. The monoisotopic (exact) mass is 372 g/mol. The largest absolute Gasteiger partial charge is 0.508 e. The first-order valence-corrected chi connectivity index (χ1v) is 10.8. The molecule has 2 aromatic carbocycles. The van der Waals surface area contributed by atoms with Crippen molar-refractivity contribution in [1.82, 2.24) is 9.80 Å². The topological polar surface area (TPSA) is 26.7 Å². The van der Waals surface area contributed by atoms with Crippen molar-refractivity contribution >= 4 is 23.5 Å². The number of hydrogen-bond donors (Lipinski definition) is 1. The summed E-state index contributed by atoms with van der Waals surface area (Å²) in [6.45, 7) is 4.48. The van der Waals surface area contributed by atoms with E-state index in [1.54, 1.807) is 11.8 Å². The van der Waals surface area contributed by atoms with Gasteiger partial charge in [-0.05, 0) is 61.2 Å². The quantitative estimate of drug-likeness (QED) is 0.801. The zero-order valence-corrected chi connectivity index (χ0v) is 16.4. The fourth-order valence-corrected chi connectivity index (χ4v) is 5.31. The van der Waals surface area contributed by atoms with Crippen molar-refractivity contribution in [2.75, 3.05) is 39.5 Å². The summed E-state index contributed by atoms with van der Waals surface area (Å²) in [5.74, 6) is 0.353. The molecule has 0 unspecified atom stereocenters. The molecule has 132 valence electrons. The third-order valence-electron chi connectivity index (χ3n) is 5.24. The van der Waals surface area contributed by atoms with Crippen molar-refractivity contribution in [3.05, 3.63) is 47.5 Å². The van der Waals surface area contributed by atoms with Crippen LogP contribution >= 0.6 is 23.5 Å². The van der Waals surface area contributed by atoms with E-state index < -0.39 is 0 Å². The molecule has 2 heterocycles. The highest BCUT2D eigenvalue weighted by atomic mass is 32.2. The molecule has 0 bridgehead atoms. The highest BCUT2D eigenvalue weighted by molar-refractivity contribution is 7.99. The summed E-state index contributed by atoms with van der Waals surface area (Å²) in [6, 6.07) is 13.1. The summed E-state index contributed by atoms with van der Waals surface area (Å²) in [4.78, 5) is 8.90. The van der Waals surface area contributed by atoms with Gasteiger partial charge in [0.15, 0.2) is 0 Å². The highest BCUT2D eigenvalue weighted by Crippen LogP contribution is 2.44. The van der Waals surface area contributed by atoms with E-state index in [0.29, 0.717) is 11.8 Å². The fourth-order valence-electron chi connectivity index (χ4n) is 3.71. The molecule has 1 atom stereocenters. The summed E-state index contributed by atoms with van der Waals surface area (Å²) in [7, 11) is 2.21. The van der Waals surface area contributed by atoms with Gasteiger partial charge in [-0.25, -0.2) is 0 Å². The number of likely N-dealkylation sites (N-methyl/N-ethyl adjacent to an activating group) is 1. The minimum Gasteiger partial charge on any atom is -0.508 e. The zero-order valence-electron chi connectivity index (χ0n) is 14.7. The Morgan fingerprint density at radius 2 is 1.84 bits per heavy atom. The first-order valence-electron chi connectivity index (χ1n) is 8.74. The second kappa shape index (κ2) is 7.23. The Labute approximate surface area is 158 Å². The number of rotatable bonds is 2. The molecule has 3 nitrogen and oxygen atoms in total. The van der Waals surface area contributed by atoms with Crippen LogP contribution < -0.4 is 0 Å². The number of benzene rings is 2. The Hall–Kier alpha value is -1.14. The molecule has 0 radical (unpaired) electrons. The van der Waals surface area contributed by atoms with E-state index in [1.807, 2.05) is 23.9 Å². The maximum absolute atomic E-state index is 9.92.